The van der Waals surface area contributed by atoms with Gasteiger partial charge in [0.15, 0.2) is 0 Å². The fourth-order valence-electron chi connectivity index (χ4n) is 4.87. The van der Waals surface area contributed by atoms with Crippen LogP contribution in [0.4, 0.5) is 5.69 Å². The number of hydrogen-bond donors (Lipinski definition) is 3. The second kappa shape index (κ2) is 7.98. The third-order valence-corrected chi connectivity index (χ3v) is 6.88. The topological polar surface area (TPSA) is 90.9 Å². The van der Waals surface area contributed by atoms with Crippen LogP contribution in [0.3, 0.4) is 0 Å². The SMILES string of the molecule is O=C(NO)[C@H]1CC2(CC2)CN[C@@H]1C(=O)N1CCc2cc(OCc3ccccc3)ccc21. The molecule has 3 N–H and O–H groups in total. The highest BCUT2D eigenvalue weighted by Gasteiger charge is 2.53. The molecular formula is C24H27N3O4. The van der Waals surface area contributed by atoms with Gasteiger partial charge in [0.25, 0.3) is 0 Å². The van der Waals surface area contributed by atoms with E-state index in [0.29, 0.717) is 19.6 Å². The molecule has 0 bridgehead atoms. The number of nitrogens with zero attached hydrogens (tertiary/aromatic N) is 1. The molecule has 0 unspecified atom stereocenters. The highest BCUT2D eigenvalue weighted by molar-refractivity contribution is 6.01. The van der Waals surface area contributed by atoms with Crippen LogP contribution in [-0.4, -0.2) is 36.2 Å². The summed E-state index contributed by atoms with van der Waals surface area (Å²) in [4.78, 5) is 27.5. The summed E-state index contributed by atoms with van der Waals surface area (Å²) in [6, 6.07) is 15.2. The van der Waals surface area contributed by atoms with Gasteiger partial charge in [0.2, 0.25) is 11.8 Å². The molecule has 2 heterocycles. The molecule has 0 aromatic heterocycles. The van der Waals surface area contributed by atoms with Gasteiger partial charge < -0.3 is 15.0 Å². The van der Waals surface area contributed by atoms with Crippen LogP contribution in [0.5, 0.6) is 5.75 Å². The molecule has 1 saturated carbocycles. The smallest absolute Gasteiger partial charge is 0.248 e. The van der Waals surface area contributed by atoms with Crippen molar-refractivity contribution in [3.05, 3.63) is 59.7 Å². The summed E-state index contributed by atoms with van der Waals surface area (Å²) >= 11 is 0. The number of nitrogens with one attached hydrogen (secondary N) is 2. The fraction of sp³-hybridized carbons (Fsp3) is 0.417. The molecule has 162 valence electrons. The van der Waals surface area contributed by atoms with E-state index in [2.05, 4.69) is 5.32 Å². The van der Waals surface area contributed by atoms with Crippen LogP contribution < -0.4 is 20.4 Å². The van der Waals surface area contributed by atoms with Crippen molar-refractivity contribution in [1.82, 2.24) is 10.8 Å². The van der Waals surface area contributed by atoms with Crippen LogP contribution >= 0.6 is 0 Å². The molecule has 2 atom stereocenters. The first-order chi connectivity index (χ1) is 15.1. The highest BCUT2D eigenvalue weighted by Crippen LogP contribution is 2.52. The van der Waals surface area contributed by atoms with Gasteiger partial charge >= 0.3 is 0 Å². The summed E-state index contributed by atoms with van der Waals surface area (Å²) in [6.45, 7) is 1.81. The fourth-order valence-corrected chi connectivity index (χ4v) is 4.87. The number of benzene rings is 2. The summed E-state index contributed by atoms with van der Waals surface area (Å²) in [5.74, 6) is -0.381. The Balaban J connectivity index is 1.30. The largest absolute Gasteiger partial charge is 0.489 e. The molecule has 0 radical (unpaired) electrons. The number of anilines is 1. The van der Waals surface area contributed by atoms with Crippen molar-refractivity contribution in [1.29, 1.82) is 0 Å². The number of carbonyl (C=O) groups excluding carboxylic acids is 2. The number of rotatable bonds is 5. The molecular weight excluding hydrogens is 394 g/mol. The first kappa shape index (κ1) is 20.0. The Morgan fingerprint density at radius 2 is 2.00 bits per heavy atom. The highest BCUT2D eigenvalue weighted by atomic mass is 16.5. The van der Waals surface area contributed by atoms with Crippen LogP contribution in [0.25, 0.3) is 0 Å². The molecule has 2 aliphatic heterocycles. The number of piperidine rings is 1. The van der Waals surface area contributed by atoms with Crippen molar-refractivity contribution in [3.63, 3.8) is 0 Å². The number of fused-ring (bicyclic) bond motifs is 1. The molecule has 3 aliphatic rings. The summed E-state index contributed by atoms with van der Waals surface area (Å²) in [5.41, 5.74) is 4.91. The van der Waals surface area contributed by atoms with Crippen molar-refractivity contribution in [2.24, 2.45) is 11.3 Å². The molecule has 2 amide bonds. The number of amides is 2. The van der Waals surface area contributed by atoms with Gasteiger partial charge in [-0.05, 0) is 60.4 Å². The summed E-state index contributed by atoms with van der Waals surface area (Å²) < 4.78 is 5.93. The molecule has 1 aliphatic carbocycles. The lowest BCUT2D eigenvalue weighted by molar-refractivity contribution is -0.139. The maximum absolute atomic E-state index is 13.4. The van der Waals surface area contributed by atoms with Gasteiger partial charge in [-0.3, -0.25) is 14.8 Å². The van der Waals surface area contributed by atoms with E-state index < -0.39 is 17.9 Å². The lowest BCUT2D eigenvalue weighted by atomic mass is 9.81. The van der Waals surface area contributed by atoms with E-state index in [0.717, 1.165) is 48.4 Å². The van der Waals surface area contributed by atoms with Crippen LogP contribution in [0.15, 0.2) is 48.5 Å². The maximum Gasteiger partial charge on any atom is 0.248 e. The van der Waals surface area contributed by atoms with Crippen LogP contribution in [0, 0.1) is 11.3 Å². The van der Waals surface area contributed by atoms with Crippen molar-refractivity contribution in [3.8, 4) is 5.75 Å². The van der Waals surface area contributed by atoms with E-state index in [9.17, 15) is 14.8 Å². The number of ether oxygens (including phenoxy) is 1. The van der Waals surface area contributed by atoms with Gasteiger partial charge in [-0.15, -0.1) is 0 Å². The Morgan fingerprint density at radius 1 is 1.19 bits per heavy atom. The zero-order valence-electron chi connectivity index (χ0n) is 17.3. The van der Waals surface area contributed by atoms with E-state index in [1.165, 1.54) is 0 Å². The van der Waals surface area contributed by atoms with E-state index in [4.69, 9.17) is 4.74 Å². The monoisotopic (exact) mass is 421 g/mol. The standard InChI is InChI=1S/C24H27N3O4/c28-22(26-30)19-13-24(9-10-24)15-25-21(19)23(29)27-11-8-17-12-18(6-7-20(17)27)31-14-16-4-2-1-3-5-16/h1-7,12,19,21,25,30H,8-11,13-15H2,(H,26,28)/t19-,21-/m0/s1. The van der Waals surface area contributed by atoms with Gasteiger partial charge in [-0.25, -0.2) is 5.48 Å². The average molecular weight is 421 g/mol. The quantitative estimate of drug-likeness (QED) is 0.510. The van der Waals surface area contributed by atoms with Crippen LogP contribution in [-0.2, 0) is 22.6 Å². The van der Waals surface area contributed by atoms with E-state index in [-0.39, 0.29) is 11.3 Å². The zero-order chi connectivity index (χ0) is 21.4. The molecule has 2 aromatic carbocycles. The molecule has 1 saturated heterocycles. The normalized spacial score (nSPS) is 23.3. The maximum atomic E-state index is 13.4. The van der Waals surface area contributed by atoms with E-state index in [1.807, 2.05) is 48.5 Å². The second-order valence-electron chi connectivity index (χ2n) is 8.95. The molecule has 2 fully saturated rings. The van der Waals surface area contributed by atoms with Crippen molar-refractivity contribution < 1.29 is 19.5 Å². The average Bonchev–Trinajstić information content (AvgIpc) is 3.42. The van der Waals surface area contributed by atoms with Gasteiger partial charge in [-0.2, -0.15) is 0 Å². The Hall–Kier alpha value is -2.90. The minimum Gasteiger partial charge on any atom is -0.489 e. The van der Waals surface area contributed by atoms with Gasteiger partial charge in [0.05, 0.1) is 12.0 Å². The lowest BCUT2D eigenvalue weighted by Gasteiger charge is -2.37. The van der Waals surface area contributed by atoms with Crippen molar-refractivity contribution >= 4 is 17.5 Å². The third kappa shape index (κ3) is 3.91. The van der Waals surface area contributed by atoms with Gasteiger partial charge in [-0.1, -0.05) is 30.3 Å². The van der Waals surface area contributed by atoms with E-state index >= 15 is 0 Å². The van der Waals surface area contributed by atoms with Crippen molar-refractivity contribution in [2.45, 2.75) is 38.3 Å². The Bertz CT molecular complexity index is 990. The Labute approximate surface area is 181 Å². The number of hydroxylamine groups is 1. The number of carbonyl (C=O) groups is 2. The zero-order valence-corrected chi connectivity index (χ0v) is 17.3. The first-order valence-electron chi connectivity index (χ1n) is 10.9. The van der Waals surface area contributed by atoms with E-state index in [1.54, 1.807) is 10.4 Å². The summed E-state index contributed by atoms with van der Waals surface area (Å²) in [5, 5.41) is 12.5. The van der Waals surface area contributed by atoms with Crippen LogP contribution in [0.2, 0.25) is 0 Å². The molecule has 1 spiro atoms. The molecule has 31 heavy (non-hydrogen) atoms. The predicted octanol–water partition coefficient (Wildman–Crippen LogP) is 2.42. The lowest BCUT2D eigenvalue weighted by Crippen LogP contribution is -2.58. The van der Waals surface area contributed by atoms with Crippen molar-refractivity contribution in [2.75, 3.05) is 18.0 Å². The molecule has 7 nitrogen and oxygen atoms in total. The number of hydrogen-bond acceptors (Lipinski definition) is 5. The Morgan fingerprint density at radius 3 is 2.74 bits per heavy atom. The first-order valence-corrected chi connectivity index (χ1v) is 10.9. The summed E-state index contributed by atoms with van der Waals surface area (Å²) in [6.07, 6.45) is 3.51. The Kier molecular flexibility index (Phi) is 5.16. The second-order valence-corrected chi connectivity index (χ2v) is 8.95. The molecule has 2 aromatic rings. The predicted molar refractivity (Wildman–Crippen MR) is 115 cm³/mol. The van der Waals surface area contributed by atoms with Crippen LogP contribution in [0.1, 0.15) is 30.4 Å². The molecule has 7 heteroatoms. The van der Waals surface area contributed by atoms with Gasteiger partial charge in [0, 0.05) is 18.8 Å². The molecule has 5 rings (SSSR count). The summed E-state index contributed by atoms with van der Waals surface area (Å²) in [7, 11) is 0. The minimum absolute atomic E-state index is 0.110. The van der Waals surface area contributed by atoms with Gasteiger partial charge in [0.1, 0.15) is 12.4 Å². The third-order valence-electron chi connectivity index (χ3n) is 6.88. The minimum atomic E-state index is -0.627.